The minimum Gasteiger partial charge on any atom is -0.497 e. The Morgan fingerprint density at radius 3 is 2.53 bits per heavy atom. The van der Waals surface area contributed by atoms with Gasteiger partial charge in [-0.2, -0.15) is 0 Å². The molecule has 0 saturated heterocycles. The molecular formula is C29H21NO6. The zero-order valence-corrected chi connectivity index (χ0v) is 19.6. The third-order valence-corrected chi connectivity index (χ3v) is 6.73. The van der Waals surface area contributed by atoms with E-state index < -0.39 is 11.9 Å². The van der Waals surface area contributed by atoms with Gasteiger partial charge in [-0.15, -0.1) is 0 Å². The number of hydrogen-bond donors (Lipinski definition) is 0. The monoisotopic (exact) mass is 479 g/mol. The minimum absolute atomic E-state index is 0.0356. The highest BCUT2D eigenvalue weighted by Crippen LogP contribution is 2.48. The first-order valence-electron chi connectivity index (χ1n) is 11.5. The van der Waals surface area contributed by atoms with Gasteiger partial charge in [-0.1, -0.05) is 30.3 Å². The van der Waals surface area contributed by atoms with Gasteiger partial charge in [-0.05, 0) is 53.4 Å². The summed E-state index contributed by atoms with van der Waals surface area (Å²) in [7, 11) is 3.30. The van der Waals surface area contributed by atoms with E-state index in [1.807, 2.05) is 42.5 Å². The molecule has 1 atom stereocenters. The van der Waals surface area contributed by atoms with E-state index in [2.05, 4.69) is 0 Å². The van der Waals surface area contributed by atoms with Crippen LogP contribution in [-0.2, 0) is 11.8 Å². The molecule has 0 aliphatic carbocycles. The molecule has 178 valence electrons. The molecule has 1 aromatic heterocycles. The Morgan fingerprint density at radius 1 is 0.972 bits per heavy atom. The first kappa shape index (κ1) is 21.9. The Morgan fingerprint density at radius 2 is 1.75 bits per heavy atom. The number of aromatic nitrogens is 1. The number of pyridine rings is 1. The summed E-state index contributed by atoms with van der Waals surface area (Å²) in [6.45, 7) is 0. The fourth-order valence-electron chi connectivity index (χ4n) is 4.92. The zero-order valence-electron chi connectivity index (χ0n) is 19.6. The van der Waals surface area contributed by atoms with Crippen LogP contribution in [-0.4, -0.2) is 23.4 Å². The van der Waals surface area contributed by atoms with Crippen molar-refractivity contribution >= 4 is 28.7 Å². The Hall–Kier alpha value is -4.65. The molecule has 1 unspecified atom stereocenters. The molecule has 0 fully saturated rings. The van der Waals surface area contributed by atoms with Crippen LogP contribution in [0, 0.1) is 0 Å². The number of esters is 1. The van der Waals surface area contributed by atoms with E-state index in [0.717, 1.165) is 16.5 Å². The van der Waals surface area contributed by atoms with Crippen molar-refractivity contribution in [3.63, 3.8) is 0 Å². The number of benzene rings is 3. The van der Waals surface area contributed by atoms with Crippen molar-refractivity contribution in [2.45, 2.75) is 12.3 Å². The molecule has 3 heterocycles. The minimum atomic E-state index is -0.618. The summed E-state index contributed by atoms with van der Waals surface area (Å²) in [4.78, 5) is 39.2. The summed E-state index contributed by atoms with van der Waals surface area (Å²) in [5.41, 5.74) is 2.70. The summed E-state index contributed by atoms with van der Waals surface area (Å²) in [5.74, 6) is 0.147. The second kappa shape index (κ2) is 8.23. The van der Waals surface area contributed by atoms with Gasteiger partial charge < -0.3 is 18.8 Å². The lowest BCUT2D eigenvalue weighted by atomic mass is 9.84. The molecule has 0 saturated carbocycles. The van der Waals surface area contributed by atoms with Gasteiger partial charge in [0.1, 0.15) is 17.2 Å². The largest absolute Gasteiger partial charge is 0.497 e. The Kier molecular flexibility index (Phi) is 5.00. The van der Waals surface area contributed by atoms with Crippen LogP contribution in [0.5, 0.6) is 17.2 Å². The number of carbonyl (C=O) groups excluding carboxylic acids is 2. The number of ketones is 1. The molecule has 4 aromatic rings. The van der Waals surface area contributed by atoms with Crippen molar-refractivity contribution < 1.29 is 23.8 Å². The number of Topliss-reactive ketones (excluding diaryl/α,β-unsaturated/α-hetero) is 1. The third-order valence-electron chi connectivity index (χ3n) is 6.73. The molecule has 3 aromatic carbocycles. The van der Waals surface area contributed by atoms with Gasteiger partial charge in [0, 0.05) is 24.1 Å². The lowest BCUT2D eigenvalue weighted by molar-refractivity contribution is -0.135. The highest BCUT2D eigenvalue weighted by atomic mass is 16.5. The standard InChI is InChI=1S/C29H21NO6/c1-30-22-6-4-3-5-17(22)14-21(29(30)33)20-15-25(31)35-23-12-11-19-27(32)24(36-28(19)26(20)23)13-16-7-9-18(34-2)10-8-16/h3-14,20H,15H2,1-2H3. The summed E-state index contributed by atoms with van der Waals surface area (Å²) >= 11 is 0. The Balaban J connectivity index is 1.49. The van der Waals surface area contributed by atoms with Gasteiger partial charge >= 0.3 is 5.97 Å². The van der Waals surface area contributed by atoms with Gasteiger partial charge in [0.05, 0.1) is 24.6 Å². The highest BCUT2D eigenvalue weighted by molar-refractivity contribution is 6.15. The molecule has 7 heteroatoms. The van der Waals surface area contributed by atoms with Gasteiger partial charge in [0.25, 0.3) is 5.56 Å². The van der Waals surface area contributed by atoms with Crippen LogP contribution < -0.4 is 19.8 Å². The molecule has 0 amide bonds. The highest BCUT2D eigenvalue weighted by Gasteiger charge is 2.39. The van der Waals surface area contributed by atoms with Crippen molar-refractivity contribution in [3.8, 4) is 17.2 Å². The number of nitrogens with zero attached hydrogens (tertiary/aromatic N) is 1. The average molecular weight is 479 g/mol. The molecule has 0 spiro atoms. The SMILES string of the molecule is COc1ccc(C=C2Oc3c(ccc4c3C(c3cc5ccccc5n(C)c3=O)CC(=O)O4)C2=O)cc1. The molecular weight excluding hydrogens is 458 g/mol. The molecule has 2 aliphatic heterocycles. The second-order valence-corrected chi connectivity index (χ2v) is 8.82. The maximum atomic E-state index is 13.4. The quantitative estimate of drug-likeness (QED) is 0.243. The maximum absolute atomic E-state index is 13.4. The van der Waals surface area contributed by atoms with Crippen molar-refractivity contribution in [2.24, 2.45) is 7.05 Å². The molecule has 6 rings (SSSR count). The molecule has 2 aliphatic rings. The van der Waals surface area contributed by atoms with Crippen molar-refractivity contribution in [1.82, 2.24) is 4.57 Å². The van der Waals surface area contributed by atoms with Crippen LogP contribution in [0.3, 0.4) is 0 Å². The molecule has 0 radical (unpaired) electrons. The number of ether oxygens (including phenoxy) is 3. The number of carbonyl (C=O) groups is 2. The number of allylic oxidation sites excluding steroid dienone is 1. The van der Waals surface area contributed by atoms with E-state index in [0.29, 0.717) is 33.9 Å². The number of rotatable bonds is 3. The molecule has 36 heavy (non-hydrogen) atoms. The lowest BCUT2D eigenvalue weighted by Gasteiger charge is -2.26. The van der Waals surface area contributed by atoms with Crippen LogP contribution in [0.1, 0.15) is 39.4 Å². The van der Waals surface area contributed by atoms with E-state index >= 15 is 0 Å². The Labute approximate surface area is 206 Å². The number of hydrogen-bond acceptors (Lipinski definition) is 6. The number of fused-ring (bicyclic) bond motifs is 4. The van der Waals surface area contributed by atoms with Crippen LogP contribution in [0.25, 0.3) is 17.0 Å². The van der Waals surface area contributed by atoms with Gasteiger partial charge in [-0.25, -0.2) is 0 Å². The van der Waals surface area contributed by atoms with Crippen LogP contribution >= 0.6 is 0 Å². The van der Waals surface area contributed by atoms with Crippen molar-refractivity contribution in [3.05, 3.63) is 105 Å². The van der Waals surface area contributed by atoms with E-state index in [1.165, 1.54) is 0 Å². The predicted molar refractivity (Wildman–Crippen MR) is 134 cm³/mol. The van der Waals surface area contributed by atoms with E-state index in [4.69, 9.17) is 14.2 Å². The first-order chi connectivity index (χ1) is 17.4. The van der Waals surface area contributed by atoms with E-state index in [-0.39, 0.29) is 23.5 Å². The summed E-state index contributed by atoms with van der Waals surface area (Å²) < 4.78 is 18.4. The molecule has 7 nitrogen and oxygen atoms in total. The normalized spacial score (nSPS) is 17.5. The maximum Gasteiger partial charge on any atom is 0.312 e. The van der Waals surface area contributed by atoms with Crippen molar-refractivity contribution in [2.75, 3.05) is 7.11 Å². The van der Waals surface area contributed by atoms with Gasteiger partial charge in [-0.3, -0.25) is 14.4 Å². The topological polar surface area (TPSA) is 83.8 Å². The van der Waals surface area contributed by atoms with E-state index in [9.17, 15) is 14.4 Å². The summed E-state index contributed by atoms with van der Waals surface area (Å²) in [6.07, 6.45) is 1.62. The fraction of sp³-hybridized carbons (Fsp3) is 0.138. The smallest absolute Gasteiger partial charge is 0.312 e. The van der Waals surface area contributed by atoms with E-state index in [1.54, 1.807) is 49.1 Å². The fourth-order valence-corrected chi connectivity index (χ4v) is 4.92. The summed E-state index contributed by atoms with van der Waals surface area (Å²) in [6, 6.07) is 19.8. The zero-order chi connectivity index (χ0) is 25.0. The molecule has 0 N–H and O–H groups in total. The second-order valence-electron chi connectivity index (χ2n) is 8.82. The lowest BCUT2D eigenvalue weighted by Crippen LogP contribution is -2.29. The van der Waals surface area contributed by atoms with Crippen LogP contribution in [0.2, 0.25) is 0 Å². The number of aryl methyl sites for hydroxylation is 1. The number of methoxy groups -OCH3 is 1. The van der Waals surface area contributed by atoms with Crippen LogP contribution in [0.15, 0.2) is 77.3 Å². The predicted octanol–water partition coefficient (Wildman–Crippen LogP) is 4.60. The van der Waals surface area contributed by atoms with Gasteiger partial charge in [0.2, 0.25) is 5.78 Å². The summed E-state index contributed by atoms with van der Waals surface area (Å²) in [5, 5.41) is 0.875. The first-order valence-corrected chi connectivity index (χ1v) is 11.5. The Bertz CT molecular complexity index is 1660. The van der Waals surface area contributed by atoms with Gasteiger partial charge in [0.15, 0.2) is 5.76 Å². The van der Waals surface area contributed by atoms with Crippen molar-refractivity contribution in [1.29, 1.82) is 0 Å². The van der Waals surface area contributed by atoms with Crippen LogP contribution in [0.4, 0.5) is 0 Å². The molecule has 0 bridgehead atoms. The average Bonchev–Trinajstić information content (AvgIpc) is 3.21. The third kappa shape index (κ3) is 3.40. The number of para-hydroxylation sites is 1.